The number of aryl methyl sites for hydroxylation is 2. The van der Waals surface area contributed by atoms with Crippen LogP contribution in [0.4, 0.5) is 0 Å². The summed E-state index contributed by atoms with van der Waals surface area (Å²) in [6, 6.07) is 14.6. The lowest BCUT2D eigenvalue weighted by Crippen LogP contribution is -2.23. The van der Waals surface area contributed by atoms with Gasteiger partial charge in [-0.15, -0.1) is 11.6 Å². The molecule has 5 heteroatoms. The summed E-state index contributed by atoms with van der Waals surface area (Å²) in [7, 11) is -3.48. The Kier molecular flexibility index (Phi) is 5.39. The number of hydrogen-bond donors (Lipinski definition) is 1. The zero-order chi connectivity index (χ0) is 15.3. The molecule has 2 aromatic rings. The summed E-state index contributed by atoms with van der Waals surface area (Å²) in [5.41, 5.74) is 3.11. The highest BCUT2D eigenvalue weighted by Crippen LogP contribution is 2.12. The summed E-state index contributed by atoms with van der Waals surface area (Å²) in [6.45, 7) is 2.28. The van der Waals surface area contributed by atoms with Gasteiger partial charge < -0.3 is 0 Å². The fourth-order valence-electron chi connectivity index (χ4n) is 1.91. The third-order valence-electron chi connectivity index (χ3n) is 3.20. The van der Waals surface area contributed by atoms with Crippen molar-refractivity contribution in [2.75, 3.05) is 5.88 Å². The van der Waals surface area contributed by atoms with Gasteiger partial charge in [0.25, 0.3) is 0 Å². The molecule has 0 amide bonds. The van der Waals surface area contributed by atoms with Crippen molar-refractivity contribution >= 4 is 21.6 Å². The van der Waals surface area contributed by atoms with Crippen molar-refractivity contribution in [2.24, 2.45) is 0 Å². The molecule has 0 heterocycles. The molecule has 0 bridgehead atoms. The molecule has 0 atom stereocenters. The highest BCUT2D eigenvalue weighted by Gasteiger charge is 2.13. The molecule has 2 aromatic carbocycles. The lowest BCUT2D eigenvalue weighted by molar-refractivity contribution is 0.581. The van der Waals surface area contributed by atoms with Gasteiger partial charge in [0.15, 0.2) is 0 Å². The van der Waals surface area contributed by atoms with Crippen molar-refractivity contribution in [3.63, 3.8) is 0 Å². The Bertz CT molecular complexity index is 679. The van der Waals surface area contributed by atoms with Gasteiger partial charge in [-0.25, -0.2) is 13.1 Å². The highest BCUT2D eigenvalue weighted by molar-refractivity contribution is 7.89. The van der Waals surface area contributed by atoms with Crippen LogP contribution in [0.1, 0.15) is 16.7 Å². The fraction of sp³-hybridized carbons (Fsp3) is 0.250. The van der Waals surface area contributed by atoms with Gasteiger partial charge in [0, 0.05) is 12.4 Å². The van der Waals surface area contributed by atoms with Crippen LogP contribution < -0.4 is 4.72 Å². The van der Waals surface area contributed by atoms with E-state index in [-0.39, 0.29) is 11.4 Å². The number of sulfonamides is 1. The number of alkyl halides is 1. The van der Waals surface area contributed by atoms with E-state index < -0.39 is 10.0 Å². The first kappa shape index (κ1) is 16.0. The second kappa shape index (κ2) is 7.07. The Labute approximate surface area is 131 Å². The second-order valence-corrected chi connectivity index (χ2v) is 7.04. The molecule has 0 spiro atoms. The van der Waals surface area contributed by atoms with Crippen LogP contribution in [0, 0.1) is 6.92 Å². The Morgan fingerprint density at radius 2 is 1.52 bits per heavy atom. The lowest BCUT2D eigenvalue weighted by atomic mass is 10.2. The Balaban J connectivity index is 2.05. The first-order chi connectivity index (χ1) is 10.0. The first-order valence-corrected chi connectivity index (χ1v) is 8.73. The molecule has 0 aliphatic rings. The van der Waals surface area contributed by atoms with Crippen LogP contribution >= 0.6 is 11.6 Å². The fourth-order valence-corrected chi connectivity index (χ4v) is 3.15. The molecule has 21 heavy (non-hydrogen) atoms. The van der Waals surface area contributed by atoms with E-state index >= 15 is 0 Å². The minimum atomic E-state index is -3.48. The van der Waals surface area contributed by atoms with Crippen molar-refractivity contribution in [3.05, 3.63) is 65.2 Å². The molecule has 0 radical (unpaired) electrons. The van der Waals surface area contributed by atoms with E-state index in [4.69, 9.17) is 11.6 Å². The molecule has 0 unspecified atom stereocenters. The number of halogens is 1. The monoisotopic (exact) mass is 323 g/mol. The van der Waals surface area contributed by atoms with Crippen LogP contribution in [0.5, 0.6) is 0 Å². The van der Waals surface area contributed by atoms with Gasteiger partial charge in [-0.05, 0) is 36.6 Å². The minimum Gasteiger partial charge on any atom is -0.207 e. The summed E-state index contributed by atoms with van der Waals surface area (Å²) >= 11 is 5.66. The van der Waals surface area contributed by atoms with Crippen molar-refractivity contribution in [1.82, 2.24) is 4.72 Å². The zero-order valence-corrected chi connectivity index (χ0v) is 13.4. The van der Waals surface area contributed by atoms with Crippen LogP contribution in [0.2, 0.25) is 0 Å². The second-order valence-electron chi connectivity index (χ2n) is 4.89. The molecular weight excluding hydrogens is 306 g/mol. The summed E-state index contributed by atoms with van der Waals surface area (Å²) in [5, 5.41) is 0. The molecule has 3 nitrogen and oxygen atoms in total. The Morgan fingerprint density at radius 1 is 0.952 bits per heavy atom. The molecule has 0 aliphatic heterocycles. The van der Waals surface area contributed by atoms with Gasteiger partial charge >= 0.3 is 0 Å². The van der Waals surface area contributed by atoms with Gasteiger partial charge in [-0.3, -0.25) is 0 Å². The zero-order valence-electron chi connectivity index (χ0n) is 11.8. The van der Waals surface area contributed by atoms with Gasteiger partial charge in [0.1, 0.15) is 0 Å². The SMILES string of the molecule is Cc1ccc(CNS(=O)(=O)c2ccc(CCCl)cc2)cc1. The van der Waals surface area contributed by atoms with Crippen molar-refractivity contribution in [1.29, 1.82) is 0 Å². The number of rotatable bonds is 6. The standard InChI is InChI=1S/C16H18ClNO2S/c1-13-2-4-15(5-3-13)12-18-21(19,20)16-8-6-14(7-9-16)10-11-17/h2-9,18H,10-12H2,1H3. The molecule has 0 saturated heterocycles. The summed E-state index contributed by atoms with van der Waals surface area (Å²) in [6.07, 6.45) is 0.735. The topological polar surface area (TPSA) is 46.2 Å². The first-order valence-electron chi connectivity index (χ1n) is 6.71. The summed E-state index contributed by atoms with van der Waals surface area (Å²) < 4.78 is 27.0. The lowest BCUT2D eigenvalue weighted by Gasteiger charge is -2.08. The number of hydrogen-bond acceptors (Lipinski definition) is 2. The predicted molar refractivity (Wildman–Crippen MR) is 86.1 cm³/mol. The van der Waals surface area contributed by atoms with E-state index in [2.05, 4.69) is 4.72 Å². The van der Waals surface area contributed by atoms with Crippen molar-refractivity contribution in [3.8, 4) is 0 Å². The van der Waals surface area contributed by atoms with Crippen molar-refractivity contribution in [2.45, 2.75) is 24.8 Å². The van der Waals surface area contributed by atoms with E-state index in [0.29, 0.717) is 5.88 Å². The van der Waals surface area contributed by atoms with Gasteiger partial charge in [-0.1, -0.05) is 42.0 Å². The quantitative estimate of drug-likeness (QED) is 0.829. The van der Waals surface area contributed by atoms with E-state index in [9.17, 15) is 8.42 Å². The number of benzene rings is 2. The van der Waals surface area contributed by atoms with Gasteiger partial charge in [0.2, 0.25) is 10.0 Å². The molecule has 1 N–H and O–H groups in total. The van der Waals surface area contributed by atoms with Crippen LogP contribution in [0.3, 0.4) is 0 Å². The van der Waals surface area contributed by atoms with Crippen LogP contribution in [-0.4, -0.2) is 14.3 Å². The molecule has 0 aliphatic carbocycles. The van der Waals surface area contributed by atoms with Gasteiger partial charge in [-0.2, -0.15) is 0 Å². The molecule has 0 saturated carbocycles. The maximum Gasteiger partial charge on any atom is 0.240 e. The molecule has 112 valence electrons. The van der Waals surface area contributed by atoms with E-state index in [1.54, 1.807) is 24.3 Å². The van der Waals surface area contributed by atoms with Crippen molar-refractivity contribution < 1.29 is 8.42 Å². The third-order valence-corrected chi connectivity index (χ3v) is 4.81. The highest BCUT2D eigenvalue weighted by atomic mass is 35.5. The normalized spacial score (nSPS) is 11.5. The molecule has 0 fully saturated rings. The molecule has 2 rings (SSSR count). The Hall–Kier alpha value is -1.36. The predicted octanol–water partition coefficient (Wildman–Crippen LogP) is 3.25. The van der Waals surface area contributed by atoms with E-state index in [1.165, 1.54) is 0 Å². The third kappa shape index (κ3) is 4.56. The van der Waals surface area contributed by atoms with Crippen LogP contribution in [0.25, 0.3) is 0 Å². The van der Waals surface area contributed by atoms with Crippen LogP contribution in [0.15, 0.2) is 53.4 Å². The smallest absolute Gasteiger partial charge is 0.207 e. The van der Waals surface area contributed by atoms with E-state index in [1.807, 2.05) is 31.2 Å². The number of nitrogens with one attached hydrogen (secondary N) is 1. The van der Waals surface area contributed by atoms with E-state index in [0.717, 1.165) is 23.1 Å². The molecular formula is C16H18ClNO2S. The average molecular weight is 324 g/mol. The largest absolute Gasteiger partial charge is 0.240 e. The molecule has 0 aromatic heterocycles. The Morgan fingerprint density at radius 3 is 2.10 bits per heavy atom. The maximum absolute atomic E-state index is 12.2. The van der Waals surface area contributed by atoms with Gasteiger partial charge in [0.05, 0.1) is 4.90 Å². The van der Waals surface area contributed by atoms with Crippen LogP contribution in [-0.2, 0) is 23.0 Å². The summed E-state index contributed by atoms with van der Waals surface area (Å²) in [5.74, 6) is 0.526. The summed E-state index contributed by atoms with van der Waals surface area (Å²) in [4.78, 5) is 0.271. The minimum absolute atomic E-state index is 0.271. The average Bonchev–Trinajstić information content (AvgIpc) is 2.48. The maximum atomic E-state index is 12.2.